The van der Waals surface area contributed by atoms with Gasteiger partial charge in [0.1, 0.15) is 0 Å². The number of hydrogen-bond donors (Lipinski definition) is 0. The normalized spacial score (nSPS) is 9.62. The maximum atomic E-state index is 12.9. The molecule has 0 heterocycles. The standard InChI is InChI=1S/C6H3FN2O4/c7-6-4(8(10)11)2-1-3-5(6)9(12)13/h1-3H. The average Bonchev–Trinajstić information content (AvgIpc) is 2.03. The van der Waals surface area contributed by atoms with Crippen LogP contribution in [0.2, 0.25) is 0 Å². The first-order valence-electron chi connectivity index (χ1n) is 3.11. The molecule has 1 rings (SSSR count). The highest BCUT2D eigenvalue weighted by molar-refractivity contribution is 5.44. The Morgan fingerprint density at radius 1 is 1.08 bits per heavy atom. The fraction of sp³-hybridized carbons (Fsp3) is 0. The van der Waals surface area contributed by atoms with Crippen LogP contribution in [-0.4, -0.2) is 9.85 Å². The Hall–Kier alpha value is -2.05. The fourth-order valence-electron chi connectivity index (χ4n) is 0.790. The van der Waals surface area contributed by atoms with Gasteiger partial charge in [0.05, 0.1) is 9.85 Å². The minimum atomic E-state index is -1.42. The molecular weight excluding hydrogens is 183 g/mol. The largest absolute Gasteiger partial charge is 0.312 e. The molecule has 0 aliphatic carbocycles. The molecule has 0 aliphatic rings. The molecule has 0 saturated carbocycles. The van der Waals surface area contributed by atoms with Crippen molar-refractivity contribution in [2.24, 2.45) is 0 Å². The molecule has 7 heteroatoms. The minimum absolute atomic E-state index is 0.863. The molecule has 13 heavy (non-hydrogen) atoms. The molecule has 0 saturated heterocycles. The Bertz CT molecular complexity index is 347. The highest BCUT2D eigenvalue weighted by atomic mass is 19.1. The zero-order valence-corrected chi connectivity index (χ0v) is 6.14. The van der Waals surface area contributed by atoms with E-state index >= 15 is 0 Å². The van der Waals surface area contributed by atoms with Gasteiger partial charge in [-0.2, -0.15) is 4.39 Å². The highest BCUT2D eigenvalue weighted by Gasteiger charge is 2.24. The summed E-state index contributed by atoms with van der Waals surface area (Å²) < 4.78 is 12.9. The Morgan fingerprint density at radius 2 is 1.46 bits per heavy atom. The second-order valence-electron chi connectivity index (χ2n) is 2.12. The lowest BCUT2D eigenvalue weighted by atomic mass is 10.3. The van der Waals surface area contributed by atoms with Gasteiger partial charge in [-0.1, -0.05) is 0 Å². The Morgan fingerprint density at radius 3 is 1.77 bits per heavy atom. The summed E-state index contributed by atoms with van der Waals surface area (Å²) in [6.45, 7) is 0. The molecule has 0 N–H and O–H groups in total. The summed E-state index contributed by atoms with van der Waals surface area (Å²) in [5, 5.41) is 20.3. The van der Waals surface area contributed by atoms with Crippen LogP contribution in [0.5, 0.6) is 0 Å². The molecule has 0 bridgehead atoms. The van der Waals surface area contributed by atoms with Gasteiger partial charge in [-0.3, -0.25) is 20.2 Å². The van der Waals surface area contributed by atoms with Crippen LogP contribution in [0, 0.1) is 26.0 Å². The van der Waals surface area contributed by atoms with Crippen molar-refractivity contribution < 1.29 is 14.2 Å². The van der Waals surface area contributed by atoms with Gasteiger partial charge in [-0.05, 0) is 6.07 Å². The summed E-state index contributed by atoms with van der Waals surface area (Å²) in [7, 11) is 0. The number of hydrogen-bond acceptors (Lipinski definition) is 4. The third-order valence-corrected chi connectivity index (χ3v) is 1.35. The second-order valence-corrected chi connectivity index (χ2v) is 2.12. The van der Waals surface area contributed by atoms with Crippen LogP contribution in [0.25, 0.3) is 0 Å². The topological polar surface area (TPSA) is 86.3 Å². The van der Waals surface area contributed by atoms with Gasteiger partial charge in [-0.25, -0.2) is 0 Å². The van der Waals surface area contributed by atoms with E-state index in [0.29, 0.717) is 0 Å². The Labute approximate surface area is 70.9 Å². The molecule has 1 aromatic rings. The van der Waals surface area contributed by atoms with Gasteiger partial charge in [0, 0.05) is 12.1 Å². The summed E-state index contributed by atoms with van der Waals surface area (Å²) in [6, 6.07) is 2.78. The Balaban J connectivity index is 3.35. The van der Waals surface area contributed by atoms with Crippen molar-refractivity contribution in [1.82, 2.24) is 0 Å². The first-order valence-corrected chi connectivity index (χ1v) is 3.11. The van der Waals surface area contributed by atoms with Crippen molar-refractivity contribution >= 4 is 11.4 Å². The van der Waals surface area contributed by atoms with Gasteiger partial charge in [0.2, 0.25) is 0 Å². The number of nitro groups is 2. The van der Waals surface area contributed by atoms with E-state index in [1.807, 2.05) is 0 Å². The summed E-state index contributed by atoms with van der Waals surface area (Å²) in [6.07, 6.45) is 0. The first kappa shape index (κ1) is 9.04. The SMILES string of the molecule is O=[N+]([O-])c1cccc([N+](=O)[O-])c1F. The van der Waals surface area contributed by atoms with E-state index in [2.05, 4.69) is 0 Å². The van der Waals surface area contributed by atoms with Crippen molar-refractivity contribution in [2.45, 2.75) is 0 Å². The number of nitro benzene ring substituents is 2. The third kappa shape index (κ3) is 1.58. The van der Waals surface area contributed by atoms with Crippen molar-refractivity contribution in [3.8, 4) is 0 Å². The molecule has 0 fully saturated rings. The predicted octanol–water partition coefficient (Wildman–Crippen LogP) is 1.64. The predicted molar refractivity (Wildman–Crippen MR) is 39.7 cm³/mol. The van der Waals surface area contributed by atoms with E-state index in [1.54, 1.807) is 0 Å². The summed E-state index contributed by atoms with van der Waals surface area (Å²) in [5.41, 5.74) is -1.79. The molecular formula is C6H3FN2O4. The van der Waals surface area contributed by atoms with Crippen molar-refractivity contribution in [1.29, 1.82) is 0 Å². The number of rotatable bonds is 2. The van der Waals surface area contributed by atoms with Gasteiger partial charge < -0.3 is 0 Å². The minimum Gasteiger partial charge on any atom is -0.258 e. The van der Waals surface area contributed by atoms with E-state index < -0.39 is 27.0 Å². The monoisotopic (exact) mass is 186 g/mol. The molecule has 1 aromatic carbocycles. The molecule has 0 amide bonds. The highest BCUT2D eigenvalue weighted by Crippen LogP contribution is 2.25. The van der Waals surface area contributed by atoms with E-state index in [4.69, 9.17) is 0 Å². The van der Waals surface area contributed by atoms with E-state index in [-0.39, 0.29) is 0 Å². The van der Waals surface area contributed by atoms with Crippen LogP contribution in [-0.2, 0) is 0 Å². The number of nitrogens with zero attached hydrogens (tertiary/aromatic N) is 2. The van der Waals surface area contributed by atoms with Crippen LogP contribution < -0.4 is 0 Å². The van der Waals surface area contributed by atoms with E-state index in [1.165, 1.54) is 0 Å². The van der Waals surface area contributed by atoms with Crippen LogP contribution in [0.1, 0.15) is 0 Å². The molecule has 0 aromatic heterocycles. The molecule has 0 atom stereocenters. The Kier molecular flexibility index (Phi) is 2.18. The zero-order valence-electron chi connectivity index (χ0n) is 6.14. The summed E-state index contributed by atoms with van der Waals surface area (Å²) >= 11 is 0. The maximum Gasteiger partial charge on any atom is 0.312 e. The second kappa shape index (κ2) is 3.13. The van der Waals surface area contributed by atoms with Crippen LogP contribution in [0.15, 0.2) is 18.2 Å². The molecule has 0 spiro atoms. The fourth-order valence-corrected chi connectivity index (χ4v) is 0.790. The molecule has 0 radical (unpaired) electrons. The number of halogens is 1. The smallest absolute Gasteiger partial charge is 0.258 e. The van der Waals surface area contributed by atoms with Crippen LogP contribution in [0.3, 0.4) is 0 Å². The lowest BCUT2D eigenvalue weighted by molar-refractivity contribution is -0.399. The van der Waals surface area contributed by atoms with Gasteiger partial charge in [0.25, 0.3) is 5.82 Å². The van der Waals surface area contributed by atoms with Gasteiger partial charge >= 0.3 is 11.4 Å². The van der Waals surface area contributed by atoms with Crippen molar-refractivity contribution in [3.63, 3.8) is 0 Å². The summed E-state index contributed by atoms with van der Waals surface area (Å²) in [4.78, 5) is 18.3. The summed E-state index contributed by atoms with van der Waals surface area (Å²) in [5.74, 6) is -1.42. The van der Waals surface area contributed by atoms with E-state index in [0.717, 1.165) is 18.2 Å². The van der Waals surface area contributed by atoms with Crippen molar-refractivity contribution in [2.75, 3.05) is 0 Å². The molecule has 6 nitrogen and oxygen atoms in total. The lowest BCUT2D eigenvalue weighted by Gasteiger charge is -1.94. The van der Waals surface area contributed by atoms with Gasteiger partial charge in [0.15, 0.2) is 0 Å². The van der Waals surface area contributed by atoms with Crippen molar-refractivity contribution in [3.05, 3.63) is 44.2 Å². The number of benzene rings is 1. The van der Waals surface area contributed by atoms with Gasteiger partial charge in [-0.15, -0.1) is 0 Å². The zero-order chi connectivity index (χ0) is 10.0. The lowest BCUT2D eigenvalue weighted by Crippen LogP contribution is -1.97. The van der Waals surface area contributed by atoms with Crippen LogP contribution in [0.4, 0.5) is 15.8 Å². The molecule has 0 unspecified atom stereocenters. The first-order chi connectivity index (χ1) is 6.04. The van der Waals surface area contributed by atoms with Crippen LogP contribution >= 0.6 is 0 Å². The molecule has 0 aliphatic heterocycles. The average molecular weight is 186 g/mol. The molecule has 68 valence electrons. The quantitative estimate of drug-likeness (QED) is 0.518. The third-order valence-electron chi connectivity index (χ3n) is 1.35. The maximum absolute atomic E-state index is 12.9. The van der Waals surface area contributed by atoms with E-state index in [9.17, 15) is 24.6 Å².